The van der Waals surface area contributed by atoms with Crippen molar-refractivity contribution in [2.45, 2.75) is 6.61 Å². The number of hydrogen-bond donors (Lipinski definition) is 1. The van der Waals surface area contributed by atoms with Gasteiger partial charge in [-0.05, 0) is 6.07 Å². The fraction of sp³-hybridized carbons (Fsp3) is 0.0833. The van der Waals surface area contributed by atoms with E-state index in [2.05, 4.69) is 0 Å². The number of hydrogen-bond acceptors (Lipinski definition) is 5. The number of nitro benzene ring substituents is 1. The Morgan fingerprint density at radius 3 is 2.85 bits per heavy atom. The zero-order valence-electron chi connectivity index (χ0n) is 9.91. The van der Waals surface area contributed by atoms with Gasteiger partial charge < -0.3 is 9.84 Å². The summed E-state index contributed by atoms with van der Waals surface area (Å²) in [5.74, 6) is -0.713. The molecule has 0 aliphatic rings. The number of carboxylic acids is 1. The van der Waals surface area contributed by atoms with Crippen molar-refractivity contribution >= 4 is 34.6 Å². The van der Waals surface area contributed by atoms with Crippen LogP contribution in [0.2, 0.25) is 5.02 Å². The molecule has 0 bridgehead atoms. The molecular weight excluding hydrogens is 306 g/mol. The van der Waals surface area contributed by atoms with E-state index in [-0.39, 0.29) is 27.8 Å². The highest BCUT2D eigenvalue weighted by Gasteiger charge is 2.17. The van der Waals surface area contributed by atoms with Gasteiger partial charge in [0, 0.05) is 17.5 Å². The number of rotatable bonds is 5. The molecule has 8 heteroatoms. The molecule has 0 radical (unpaired) electrons. The van der Waals surface area contributed by atoms with Gasteiger partial charge in [0.1, 0.15) is 17.2 Å². The monoisotopic (exact) mass is 313 g/mol. The zero-order chi connectivity index (χ0) is 14.7. The van der Waals surface area contributed by atoms with E-state index in [0.29, 0.717) is 5.75 Å². The molecule has 1 N–H and O–H groups in total. The molecule has 0 saturated carbocycles. The third-order valence-electron chi connectivity index (χ3n) is 2.46. The average Bonchev–Trinajstić information content (AvgIpc) is 2.86. The summed E-state index contributed by atoms with van der Waals surface area (Å²) in [6.07, 6.45) is 0. The number of thiophene rings is 1. The molecule has 6 nitrogen and oxygen atoms in total. The molecule has 2 rings (SSSR count). The second kappa shape index (κ2) is 5.89. The highest BCUT2D eigenvalue weighted by molar-refractivity contribution is 7.12. The Labute approximate surface area is 122 Å². The van der Waals surface area contributed by atoms with Crippen LogP contribution in [0.4, 0.5) is 5.69 Å². The smallest absolute Gasteiger partial charge is 0.346 e. The van der Waals surface area contributed by atoms with E-state index in [1.54, 1.807) is 0 Å². The summed E-state index contributed by atoms with van der Waals surface area (Å²) in [6, 6.07) is 5.71. The fourth-order valence-electron chi connectivity index (χ4n) is 1.52. The van der Waals surface area contributed by atoms with Gasteiger partial charge in [-0.2, -0.15) is 0 Å². The van der Waals surface area contributed by atoms with Gasteiger partial charge in [0.15, 0.2) is 0 Å². The maximum Gasteiger partial charge on any atom is 0.346 e. The molecular formula is C12H8ClNO5S. The molecule has 0 atom stereocenters. The molecule has 1 heterocycles. The van der Waals surface area contributed by atoms with Gasteiger partial charge >= 0.3 is 5.97 Å². The summed E-state index contributed by atoms with van der Waals surface area (Å²) in [5, 5.41) is 21.4. The SMILES string of the molecule is O=C(O)c1cc(OCc2c(Cl)cccc2[N+](=O)[O-])cs1. The highest BCUT2D eigenvalue weighted by atomic mass is 35.5. The molecule has 0 saturated heterocycles. The van der Waals surface area contributed by atoms with Gasteiger partial charge in [-0.3, -0.25) is 10.1 Å². The Morgan fingerprint density at radius 1 is 1.50 bits per heavy atom. The predicted octanol–water partition coefficient (Wildman–Crippen LogP) is 3.59. The summed E-state index contributed by atoms with van der Waals surface area (Å²) < 4.78 is 5.35. The standard InChI is InChI=1S/C12H8ClNO5S/c13-9-2-1-3-10(14(17)18)8(9)5-19-7-4-11(12(15)16)20-6-7/h1-4,6H,5H2,(H,15,16). The lowest BCUT2D eigenvalue weighted by Gasteiger charge is -2.06. The molecule has 1 aromatic carbocycles. The van der Waals surface area contributed by atoms with Gasteiger partial charge in [-0.25, -0.2) is 4.79 Å². The van der Waals surface area contributed by atoms with Gasteiger partial charge in [-0.15, -0.1) is 11.3 Å². The Kier molecular flexibility index (Phi) is 4.21. The summed E-state index contributed by atoms with van der Waals surface area (Å²) in [6.45, 7) is -0.105. The lowest BCUT2D eigenvalue weighted by molar-refractivity contribution is -0.385. The number of nitro groups is 1. The van der Waals surface area contributed by atoms with Crippen molar-refractivity contribution < 1.29 is 19.6 Å². The first kappa shape index (κ1) is 14.3. The van der Waals surface area contributed by atoms with Crippen LogP contribution < -0.4 is 4.74 Å². The Hall–Kier alpha value is -2.12. The van der Waals surface area contributed by atoms with E-state index in [1.807, 2.05) is 0 Å². The largest absolute Gasteiger partial charge is 0.488 e. The van der Waals surface area contributed by atoms with Crippen LogP contribution in [-0.4, -0.2) is 16.0 Å². The number of benzene rings is 1. The predicted molar refractivity (Wildman–Crippen MR) is 73.7 cm³/mol. The quantitative estimate of drug-likeness (QED) is 0.673. The minimum atomic E-state index is -1.05. The van der Waals surface area contributed by atoms with Crippen molar-refractivity contribution in [2.24, 2.45) is 0 Å². The molecule has 0 fully saturated rings. The number of carboxylic acid groups (broad SMARTS) is 1. The van der Waals surface area contributed by atoms with Crippen LogP contribution in [0, 0.1) is 10.1 Å². The number of aromatic carboxylic acids is 1. The number of nitrogens with zero attached hydrogens (tertiary/aromatic N) is 1. The van der Waals surface area contributed by atoms with E-state index in [0.717, 1.165) is 11.3 Å². The number of ether oxygens (including phenoxy) is 1. The van der Waals surface area contributed by atoms with E-state index >= 15 is 0 Å². The van der Waals surface area contributed by atoms with Gasteiger partial charge in [0.2, 0.25) is 0 Å². The van der Waals surface area contributed by atoms with E-state index in [4.69, 9.17) is 21.4 Å². The summed E-state index contributed by atoms with van der Waals surface area (Å²) in [7, 11) is 0. The molecule has 2 aromatic rings. The minimum absolute atomic E-state index is 0.105. The second-order valence-electron chi connectivity index (χ2n) is 3.74. The molecule has 0 unspecified atom stereocenters. The summed E-state index contributed by atoms with van der Waals surface area (Å²) >= 11 is 6.94. The second-order valence-corrected chi connectivity index (χ2v) is 5.05. The van der Waals surface area contributed by atoms with Crippen LogP contribution in [0.15, 0.2) is 29.6 Å². The van der Waals surface area contributed by atoms with E-state index in [1.165, 1.54) is 29.6 Å². The third-order valence-corrected chi connectivity index (χ3v) is 3.71. The molecule has 104 valence electrons. The first-order chi connectivity index (χ1) is 9.49. The van der Waals surface area contributed by atoms with Gasteiger partial charge in [0.25, 0.3) is 5.69 Å². The lowest BCUT2D eigenvalue weighted by Crippen LogP contribution is -2.01. The third kappa shape index (κ3) is 3.06. The van der Waals surface area contributed by atoms with Crippen molar-refractivity contribution in [3.05, 3.63) is 55.2 Å². The molecule has 0 amide bonds. The van der Waals surface area contributed by atoms with Crippen LogP contribution in [0.3, 0.4) is 0 Å². The topological polar surface area (TPSA) is 89.7 Å². The van der Waals surface area contributed by atoms with Crippen molar-refractivity contribution in [2.75, 3.05) is 0 Å². The van der Waals surface area contributed by atoms with Crippen LogP contribution in [0.1, 0.15) is 15.2 Å². The molecule has 0 aliphatic heterocycles. The van der Waals surface area contributed by atoms with Crippen molar-refractivity contribution in [3.63, 3.8) is 0 Å². The molecule has 1 aromatic heterocycles. The Balaban J connectivity index is 2.18. The van der Waals surface area contributed by atoms with Crippen LogP contribution in [0.5, 0.6) is 5.75 Å². The summed E-state index contributed by atoms with van der Waals surface area (Å²) in [4.78, 5) is 21.2. The maximum absolute atomic E-state index is 10.9. The van der Waals surface area contributed by atoms with Crippen LogP contribution >= 0.6 is 22.9 Å². The number of halogens is 1. The average molecular weight is 314 g/mol. The van der Waals surface area contributed by atoms with Crippen molar-refractivity contribution in [1.29, 1.82) is 0 Å². The Bertz CT molecular complexity index is 670. The Morgan fingerprint density at radius 2 is 2.25 bits per heavy atom. The van der Waals surface area contributed by atoms with Crippen molar-refractivity contribution in [1.82, 2.24) is 0 Å². The van der Waals surface area contributed by atoms with Gasteiger partial charge in [-0.1, -0.05) is 17.7 Å². The molecule has 20 heavy (non-hydrogen) atoms. The maximum atomic E-state index is 10.9. The lowest BCUT2D eigenvalue weighted by atomic mass is 10.2. The molecule has 0 spiro atoms. The van der Waals surface area contributed by atoms with Gasteiger partial charge in [0.05, 0.1) is 15.5 Å². The number of carbonyl (C=O) groups is 1. The normalized spacial score (nSPS) is 10.2. The molecule has 0 aliphatic carbocycles. The first-order valence-corrected chi connectivity index (χ1v) is 6.61. The summed E-state index contributed by atoms with van der Waals surface area (Å²) in [5.41, 5.74) is 0.119. The minimum Gasteiger partial charge on any atom is -0.488 e. The first-order valence-electron chi connectivity index (χ1n) is 5.35. The van der Waals surface area contributed by atoms with Crippen LogP contribution in [0.25, 0.3) is 0 Å². The highest BCUT2D eigenvalue weighted by Crippen LogP contribution is 2.29. The van der Waals surface area contributed by atoms with Crippen molar-refractivity contribution in [3.8, 4) is 5.75 Å². The van der Waals surface area contributed by atoms with Crippen LogP contribution in [-0.2, 0) is 6.61 Å². The van der Waals surface area contributed by atoms with E-state index < -0.39 is 10.9 Å². The zero-order valence-corrected chi connectivity index (χ0v) is 11.5. The fourth-order valence-corrected chi connectivity index (χ4v) is 2.41. The van der Waals surface area contributed by atoms with E-state index in [9.17, 15) is 14.9 Å².